The quantitative estimate of drug-likeness (QED) is 0.749. The number of aromatic amines is 1. The first-order chi connectivity index (χ1) is 13.2. The second-order valence-electron chi connectivity index (χ2n) is 7.07. The first-order valence-electron chi connectivity index (χ1n) is 9.39. The van der Waals surface area contributed by atoms with Crippen LogP contribution in [0.15, 0.2) is 60.8 Å². The standard InChI is InChI=1S/C22H23N3O2/c26-21(24-14-16-5-2-1-3-6-16)19-7-4-12-25(15-19)22(27)18-9-8-17-10-11-23-20(17)13-18/h1-3,5-6,8-11,13,19,23H,4,7,12,14-15H2,(H,24,26)/t19-/m0/s1. The predicted molar refractivity (Wildman–Crippen MR) is 105 cm³/mol. The van der Waals surface area contributed by atoms with Gasteiger partial charge in [-0.3, -0.25) is 9.59 Å². The number of benzene rings is 2. The van der Waals surface area contributed by atoms with Crippen molar-refractivity contribution < 1.29 is 9.59 Å². The Bertz CT molecular complexity index is 948. The fraction of sp³-hybridized carbons (Fsp3) is 0.273. The number of fused-ring (bicyclic) bond motifs is 1. The van der Waals surface area contributed by atoms with E-state index in [0.29, 0.717) is 25.2 Å². The number of amides is 2. The van der Waals surface area contributed by atoms with E-state index in [1.54, 1.807) is 4.90 Å². The third kappa shape index (κ3) is 3.87. The van der Waals surface area contributed by atoms with Crippen LogP contribution >= 0.6 is 0 Å². The molecule has 0 bridgehead atoms. The van der Waals surface area contributed by atoms with Crippen LogP contribution in [0.4, 0.5) is 0 Å². The van der Waals surface area contributed by atoms with E-state index in [0.717, 1.165) is 29.3 Å². The van der Waals surface area contributed by atoms with Crippen LogP contribution in [0, 0.1) is 5.92 Å². The lowest BCUT2D eigenvalue weighted by molar-refractivity contribution is -0.126. The summed E-state index contributed by atoms with van der Waals surface area (Å²) in [6.07, 6.45) is 3.53. The molecule has 2 aromatic carbocycles. The highest BCUT2D eigenvalue weighted by Crippen LogP contribution is 2.21. The van der Waals surface area contributed by atoms with Gasteiger partial charge < -0.3 is 15.2 Å². The Balaban J connectivity index is 1.39. The number of nitrogens with one attached hydrogen (secondary N) is 2. The minimum Gasteiger partial charge on any atom is -0.361 e. The summed E-state index contributed by atoms with van der Waals surface area (Å²) in [4.78, 5) is 30.4. The predicted octanol–water partition coefficient (Wildman–Crippen LogP) is 3.34. The average molecular weight is 361 g/mol. The van der Waals surface area contributed by atoms with E-state index >= 15 is 0 Å². The number of carbonyl (C=O) groups is 2. The van der Waals surface area contributed by atoms with E-state index in [-0.39, 0.29) is 17.7 Å². The number of likely N-dealkylation sites (tertiary alicyclic amines) is 1. The van der Waals surface area contributed by atoms with E-state index in [4.69, 9.17) is 0 Å². The summed E-state index contributed by atoms with van der Waals surface area (Å²) in [6, 6.07) is 17.5. The largest absolute Gasteiger partial charge is 0.361 e. The maximum Gasteiger partial charge on any atom is 0.253 e. The van der Waals surface area contributed by atoms with Gasteiger partial charge in [0, 0.05) is 36.9 Å². The van der Waals surface area contributed by atoms with E-state index < -0.39 is 0 Å². The summed E-state index contributed by atoms with van der Waals surface area (Å²) >= 11 is 0. The summed E-state index contributed by atoms with van der Waals surface area (Å²) in [5.41, 5.74) is 2.69. The molecule has 0 unspecified atom stereocenters. The van der Waals surface area contributed by atoms with Crippen LogP contribution in [0.2, 0.25) is 0 Å². The molecule has 0 radical (unpaired) electrons. The molecule has 2 heterocycles. The van der Waals surface area contributed by atoms with Crippen LogP contribution in [-0.4, -0.2) is 34.8 Å². The Morgan fingerprint density at radius 1 is 1.11 bits per heavy atom. The first-order valence-corrected chi connectivity index (χ1v) is 9.39. The lowest BCUT2D eigenvalue weighted by Crippen LogP contribution is -2.45. The highest BCUT2D eigenvalue weighted by molar-refractivity contribution is 5.98. The molecule has 1 saturated heterocycles. The lowest BCUT2D eigenvalue weighted by Gasteiger charge is -2.32. The van der Waals surface area contributed by atoms with Gasteiger partial charge in [-0.15, -0.1) is 0 Å². The second-order valence-corrected chi connectivity index (χ2v) is 7.07. The van der Waals surface area contributed by atoms with Crippen molar-refractivity contribution in [1.29, 1.82) is 0 Å². The van der Waals surface area contributed by atoms with Gasteiger partial charge >= 0.3 is 0 Å². The van der Waals surface area contributed by atoms with Crippen molar-refractivity contribution in [3.05, 3.63) is 71.9 Å². The van der Waals surface area contributed by atoms with Gasteiger partial charge in [0.15, 0.2) is 0 Å². The highest BCUT2D eigenvalue weighted by Gasteiger charge is 2.28. The van der Waals surface area contributed by atoms with Gasteiger partial charge in [0.25, 0.3) is 5.91 Å². The molecule has 0 spiro atoms. The molecule has 3 aromatic rings. The van der Waals surface area contributed by atoms with Crippen molar-refractivity contribution >= 4 is 22.7 Å². The molecule has 1 atom stereocenters. The Labute approximate surface area is 158 Å². The Morgan fingerprint density at radius 2 is 1.96 bits per heavy atom. The van der Waals surface area contributed by atoms with Gasteiger partial charge in [-0.1, -0.05) is 36.4 Å². The Morgan fingerprint density at radius 3 is 2.81 bits per heavy atom. The summed E-state index contributed by atoms with van der Waals surface area (Å²) in [5.74, 6) is -0.135. The molecule has 0 saturated carbocycles. The van der Waals surface area contributed by atoms with E-state index in [1.165, 1.54) is 0 Å². The first kappa shape index (κ1) is 17.3. The SMILES string of the molecule is O=C(NCc1ccccc1)[C@H]1CCCN(C(=O)c2ccc3cc[nH]c3c2)C1. The van der Waals surface area contributed by atoms with Crippen molar-refractivity contribution in [3.8, 4) is 0 Å². The van der Waals surface area contributed by atoms with Crippen LogP contribution in [0.25, 0.3) is 10.9 Å². The fourth-order valence-corrected chi connectivity index (χ4v) is 3.67. The maximum absolute atomic E-state index is 12.9. The number of carbonyl (C=O) groups excluding carboxylic acids is 2. The van der Waals surface area contributed by atoms with E-state index in [2.05, 4.69) is 10.3 Å². The van der Waals surface area contributed by atoms with Crippen LogP contribution in [0.5, 0.6) is 0 Å². The average Bonchev–Trinajstić information content (AvgIpc) is 3.20. The number of rotatable bonds is 4. The molecule has 1 aliphatic rings. The molecule has 2 amide bonds. The third-order valence-corrected chi connectivity index (χ3v) is 5.19. The van der Waals surface area contributed by atoms with Crippen LogP contribution in [-0.2, 0) is 11.3 Å². The van der Waals surface area contributed by atoms with E-state index in [9.17, 15) is 9.59 Å². The van der Waals surface area contributed by atoms with Gasteiger partial charge in [0.05, 0.1) is 5.92 Å². The zero-order valence-electron chi connectivity index (χ0n) is 15.2. The van der Waals surface area contributed by atoms with Crippen molar-refractivity contribution in [3.63, 3.8) is 0 Å². The Hall–Kier alpha value is -3.08. The lowest BCUT2D eigenvalue weighted by atomic mass is 9.96. The molecule has 2 N–H and O–H groups in total. The van der Waals surface area contributed by atoms with Crippen LogP contribution < -0.4 is 5.32 Å². The monoisotopic (exact) mass is 361 g/mol. The number of H-pyrrole nitrogens is 1. The number of aromatic nitrogens is 1. The number of hydrogen-bond acceptors (Lipinski definition) is 2. The number of piperidine rings is 1. The molecule has 1 fully saturated rings. The number of hydrogen-bond donors (Lipinski definition) is 2. The Kier molecular flexibility index (Phi) is 4.92. The second kappa shape index (κ2) is 7.66. The number of nitrogens with zero attached hydrogens (tertiary/aromatic N) is 1. The summed E-state index contributed by atoms with van der Waals surface area (Å²) in [6.45, 7) is 1.69. The van der Waals surface area contributed by atoms with Crippen molar-refractivity contribution in [1.82, 2.24) is 15.2 Å². The summed E-state index contributed by atoms with van der Waals surface area (Å²) in [7, 11) is 0. The highest BCUT2D eigenvalue weighted by atomic mass is 16.2. The normalized spacial score (nSPS) is 17.0. The minimum absolute atomic E-state index is 0.00735. The molecule has 5 heteroatoms. The van der Waals surface area contributed by atoms with Crippen molar-refractivity contribution in [2.75, 3.05) is 13.1 Å². The van der Waals surface area contributed by atoms with Gasteiger partial charge in [0.1, 0.15) is 0 Å². The fourth-order valence-electron chi connectivity index (χ4n) is 3.67. The van der Waals surface area contributed by atoms with Gasteiger partial charge in [0.2, 0.25) is 5.91 Å². The molecule has 27 heavy (non-hydrogen) atoms. The van der Waals surface area contributed by atoms with Crippen molar-refractivity contribution in [2.45, 2.75) is 19.4 Å². The van der Waals surface area contributed by atoms with Crippen LogP contribution in [0.3, 0.4) is 0 Å². The molecular formula is C22H23N3O2. The topological polar surface area (TPSA) is 65.2 Å². The minimum atomic E-state index is -0.152. The smallest absolute Gasteiger partial charge is 0.253 e. The molecular weight excluding hydrogens is 338 g/mol. The molecule has 4 rings (SSSR count). The zero-order valence-corrected chi connectivity index (χ0v) is 15.2. The van der Waals surface area contributed by atoms with E-state index in [1.807, 2.05) is 60.8 Å². The zero-order chi connectivity index (χ0) is 18.6. The molecule has 5 nitrogen and oxygen atoms in total. The molecule has 138 valence electrons. The summed E-state index contributed by atoms with van der Waals surface area (Å²) in [5, 5.41) is 4.09. The van der Waals surface area contributed by atoms with Gasteiger partial charge in [-0.25, -0.2) is 0 Å². The molecule has 0 aliphatic carbocycles. The van der Waals surface area contributed by atoms with Crippen LogP contribution in [0.1, 0.15) is 28.8 Å². The van der Waals surface area contributed by atoms with Gasteiger partial charge in [-0.2, -0.15) is 0 Å². The van der Waals surface area contributed by atoms with Crippen molar-refractivity contribution in [2.24, 2.45) is 5.92 Å². The maximum atomic E-state index is 12.9. The van der Waals surface area contributed by atoms with Gasteiger partial charge in [-0.05, 0) is 42.0 Å². The molecule has 1 aromatic heterocycles. The summed E-state index contributed by atoms with van der Waals surface area (Å²) < 4.78 is 0. The third-order valence-electron chi connectivity index (χ3n) is 5.19. The molecule has 1 aliphatic heterocycles.